The summed E-state index contributed by atoms with van der Waals surface area (Å²) >= 11 is 7.16. The van der Waals surface area contributed by atoms with E-state index in [-0.39, 0.29) is 10.7 Å². The standard InChI is InChI=1S/C11H10ClFN4S/c12-6-5-7(13)8(15)10-9(6)17-11(18-10)16-4-2-1-3-14/h5H,1-2,4,15H2,(H,16,17). The SMILES string of the molecule is N#CCCCNc1nc2c(Cl)cc(F)c(N)c2s1. The molecule has 7 heteroatoms. The van der Waals surface area contributed by atoms with Crippen molar-refractivity contribution in [3.8, 4) is 6.07 Å². The molecule has 18 heavy (non-hydrogen) atoms. The van der Waals surface area contributed by atoms with Gasteiger partial charge in [0, 0.05) is 13.0 Å². The van der Waals surface area contributed by atoms with Gasteiger partial charge in [-0.2, -0.15) is 5.26 Å². The summed E-state index contributed by atoms with van der Waals surface area (Å²) < 4.78 is 13.9. The maximum Gasteiger partial charge on any atom is 0.183 e. The van der Waals surface area contributed by atoms with Crippen LogP contribution in [0.3, 0.4) is 0 Å². The Morgan fingerprint density at radius 1 is 1.61 bits per heavy atom. The Hall–Kier alpha value is -1.58. The van der Waals surface area contributed by atoms with Crippen LogP contribution in [0.2, 0.25) is 5.02 Å². The van der Waals surface area contributed by atoms with Gasteiger partial charge in [-0.05, 0) is 12.5 Å². The number of anilines is 2. The van der Waals surface area contributed by atoms with Gasteiger partial charge in [0.2, 0.25) is 0 Å². The quantitative estimate of drug-likeness (QED) is 0.666. The summed E-state index contributed by atoms with van der Waals surface area (Å²) in [7, 11) is 0. The third kappa shape index (κ3) is 2.47. The van der Waals surface area contributed by atoms with Gasteiger partial charge < -0.3 is 11.1 Å². The summed E-state index contributed by atoms with van der Waals surface area (Å²) in [6, 6.07) is 3.22. The summed E-state index contributed by atoms with van der Waals surface area (Å²) in [6.07, 6.45) is 1.21. The van der Waals surface area contributed by atoms with Crippen LogP contribution in [0.15, 0.2) is 6.07 Å². The van der Waals surface area contributed by atoms with Crippen LogP contribution in [0.4, 0.5) is 15.2 Å². The van der Waals surface area contributed by atoms with E-state index >= 15 is 0 Å². The lowest BCUT2D eigenvalue weighted by Crippen LogP contribution is -1.99. The molecule has 3 N–H and O–H groups in total. The van der Waals surface area contributed by atoms with E-state index in [0.717, 1.165) is 6.42 Å². The molecule has 2 rings (SSSR count). The molecule has 0 saturated heterocycles. The van der Waals surface area contributed by atoms with Gasteiger partial charge in [-0.15, -0.1) is 0 Å². The van der Waals surface area contributed by atoms with Crippen molar-refractivity contribution in [2.75, 3.05) is 17.6 Å². The van der Waals surface area contributed by atoms with Gasteiger partial charge in [-0.3, -0.25) is 0 Å². The first-order valence-corrected chi connectivity index (χ1v) is 6.47. The zero-order chi connectivity index (χ0) is 13.1. The fourth-order valence-corrected chi connectivity index (χ4v) is 2.72. The number of rotatable bonds is 4. The van der Waals surface area contributed by atoms with Gasteiger partial charge in [-0.25, -0.2) is 9.37 Å². The van der Waals surface area contributed by atoms with Crippen LogP contribution in [0, 0.1) is 17.1 Å². The molecule has 1 aromatic heterocycles. The van der Waals surface area contributed by atoms with Crippen molar-refractivity contribution in [1.82, 2.24) is 4.98 Å². The number of nitrogens with zero attached hydrogens (tertiary/aromatic N) is 2. The molecule has 2 aromatic rings. The van der Waals surface area contributed by atoms with Gasteiger partial charge in [-0.1, -0.05) is 22.9 Å². The maximum absolute atomic E-state index is 13.4. The van der Waals surface area contributed by atoms with Crippen LogP contribution in [0.1, 0.15) is 12.8 Å². The molecule has 1 heterocycles. The highest BCUT2D eigenvalue weighted by molar-refractivity contribution is 7.22. The second kappa shape index (κ2) is 5.38. The molecule has 4 nitrogen and oxygen atoms in total. The van der Waals surface area contributed by atoms with Crippen molar-refractivity contribution in [2.45, 2.75) is 12.8 Å². The zero-order valence-corrected chi connectivity index (χ0v) is 10.9. The van der Waals surface area contributed by atoms with Crippen LogP contribution in [0.5, 0.6) is 0 Å². The van der Waals surface area contributed by atoms with Gasteiger partial charge in [0.15, 0.2) is 5.13 Å². The second-order valence-electron chi connectivity index (χ2n) is 3.64. The van der Waals surface area contributed by atoms with Crippen molar-refractivity contribution in [2.24, 2.45) is 0 Å². The highest BCUT2D eigenvalue weighted by Gasteiger charge is 2.13. The number of nitrogens with one attached hydrogen (secondary N) is 1. The average molecular weight is 285 g/mol. The van der Waals surface area contributed by atoms with Gasteiger partial charge in [0.05, 0.1) is 21.5 Å². The van der Waals surface area contributed by atoms with Crippen molar-refractivity contribution in [3.63, 3.8) is 0 Å². The Kier molecular flexibility index (Phi) is 3.84. The zero-order valence-electron chi connectivity index (χ0n) is 9.33. The lowest BCUT2D eigenvalue weighted by atomic mass is 10.3. The number of aromatic nitrogens is 1. The van der Waals surface area contributed by atoms with E-state index in [1.165, 1.54) is 17.4 Å². The number of hydrogen-bond donors (Lipinski definition) is 2. The maximum atomic E-state index is 13.4. The van der Waals surface area contributed by atoms with Crippen LogP contribution >= 0.6 is 22.9 Å². The predicted octanol–water partition coefficient (Wildman–Crippen LogP) is 3.39. The molecule has 0 amide bonds. The van der Waals surface area contributed by atoms with Gasteiger partial charge in [0.25, 0.3) is 0 Å². The Balaban J connectivity index is 2.25. The second-order valence-corrected chi connectivity index (χ2v) is 5.05. The highest BCUT2D eigenvalue weighted by Crippen LogP contribution is 2.36. The van der Waals surface area contributed by atoms with Crippen molar-refractivity contribution in [1.29, 1.82) is 5.26 Å². The van der Waals surface area contributed by atoms with Gasteiger partial charge >= 0.3 is 0 Å². The van der Waals surface area contributed by atoms with Crippen molar-refractivity contribution in [3.05, 3.63) is 16.9 Å². The van der Waals surface area contributed by atoms with Crippen LogP contribution in [0.25, 0.3) is 10.2 Å². The van der Waals surface area contributed by atoms with Crippen LogP contribution in [-0.4, -0.2) is 11.5 Å². The number of nitriles is 1. The van der Waals surface area contributed by atoms with Crippen LogP contribution < -0.4 is 11.1 Å². The molecule has 0 bridgehead atoms. The molecule has 94 valence electrons. The molecular formula is C11H10ClFN4S. The molecule has 0 aliphatic carbocycles. The molecule has 0 atom stereocenters. The third-order valence-corrected chi connectivity index (χ3v) is 3.68. The molecule has 0 spiro atoms. The summed E-state index contributed by atoms with van der Waals surface area (Å²) in [5.41, 5.74) is 6.21. The Labute approximate surface area is 112 Å². The summed E-state index contributed by atoms with van der Waals surface area (Å²) in [4.78, 5) is 4.26. The number of unbranched alkanes of at least 4 members (excludes halogenated alkanes) is 1. The number of halogens is 2. The van der Waals surface area contributed by atoms with E-state index in [0.29, 0.717) is 28.3 Å². The molecule has 0 saturated carbocycles. The molecule has 0 fully saturated rings. The average Bonchev–Trinajstić information content (AvgIpc) is 2.77. The minimum Gasteiger partial charge on any atom is -0.395 e. The highest BCUT2D eigenvalue weighted by atomic mass is 35.5. The van der Waals surface area contributed by atoms with Gasteiger partial charge in [0.1, 0.15) is 11.3 Å². The predicted molar refractivity (Wildman–Crippen MR) is 72.3 cm³/mol. The smallest absolute Gasteiger partial charge is 0.183 e. The largest absolute Gasteiger partial charge is 0.395 e. The first-order chi connectivity index (χ1) is 8.63. The normalized spacial score (nSPS) is 10.5. The van der Waals surface area contributed by atoms with E-state index in [2.05, 4.69) is 16.4 Å². The first kappa shape index (κ1) is 12.9. The fraction of sp³-hybridized carbons (Fsp3) is 0.273. The lowest BCUT2D eigenvalue weighted by molar-refractivity contribution is 0.634. The summed E-state index contributed by atoms with van der Waals surface area (Å²) in [5, 5.41) is 12.4. The topological polar surface area (TPSA) is 74.7 Å². The number of fused-ring (bicyclic) bond motifs is 1. The van der Waals surface area contributed by atoms with E-state index in [1.54, 1.807) is 0 Å². The molecule has 0 aliphatic rings. The van der Waals surface area contributed by atoms with Crippen molar-refractivity contribution < 1.29 is 4.39 Å². The Morgan fingerprint density at radius 3 is 3.11 bits per heavy atom. The first-order valence-electron chi connectivity index (χ1n) is 5.28. The van der Waals surface area contributed by atoms with E-state index in [1.807, 2.05) is 0 Å². The number of benzene rings is 1. The van der Waals surface area contributed by atoms with E-state index < -0.39 is 5.82 Å². The monoisotopic (exact) mass is 284 g/mol. The molecule has 0 unspecified atom stereocenters. The Morgan fingerprint density at radius 2 is 2.39 bits per heavy atom. The Bertz CT molecular complexity index is 620. The number of nitrogen functional groups attached to an aromatic ring is 1. The van der Waals surface area contributed by atoms with Crippen molar-refractivity contribution >= 4 is 44.0 Å². The minimum absolute atomic E-state index is 0.0666. The van der Waals surface area contributed by atoms with E-state index in [9.17, 15) is 4.39 Å². The molecule has 1 aromatic carbocycles. The number of nitrogens with two attached hydrogens (primary N) is 1. The number of thiazole rings is 1. The van der Waals surface area contributed by atoms with Crippen LogP contribution in [-0.2, 0) is 0 Å². The molecular weight excluding hydrogens is 275 g/mol. The third-order valence-electron chi connectivity index (χ3n) is 2.35. The summed E-state index contributed by atoms with van der Waals surface area (Å²) in [6.45, 7) is 0.632. The minimum atomic E-state index is -0.535. The summed E-state index contributed by atoms with van der Waals surface area (Å²) in [5.74, 6) is -0.535. The number of hydrogen-bond acceptors (Lipinski definition) is 5. The molecule has 0 aliphatic heterocycles. The molecule has 0 radical (unpaired) electrons. The lowest BCUT2D eigenvalue weighted by Gasteiger charge is -1.98. The fourth-order valence-electron chi connectivity index (χ4n) is 1.47. The van der Waals surface area contributed by atoms with E-state index in [4.69, 9.17) is 22.6 Å².